The molecule has 3 heterocycles. The van der Waals surface area contributed by atoms with Crippen molar-refractivity contribution in [1.29, 1.82) is 0 Å². The molecule has 5 rings (SSSR count). The van der Waals surface area contributed by atoms with Crippen LogP contribution < -0.4 is 10.5 Å². The minimum absolute atomic E-state index is 0.0780. The summed E-state index contributed by atoms with van der Waals surface area (Å²) in [5.74, 6) is 0.772. The van der Waals surface area contributed by atoms with Gasteiger partial charge in [-0.2, -0.15) is 0 Å². The summed E-state index contributed by atoms with van der Waals surface area (Å²) in [4.78, 5) is 17.8. The average Bonchev–Trinajstić information content (AvgIpc) is 3.45. The molecule has 1 saturated heterocycles. The molecule has 0 radical (unpaired) electrons. The third kappa shape index (κ3) is 3.68. The average molecular weight is 424 g/mol. The van der Waals surface area contributed by atoms with Gasteiger partial charge in [0.1, 0.15) is 0 Å². The maximum absolute atomic E-state index is 13.4. The van der Waals surface area contributed by atoms with Gasteiger partial charge in [-0.1, -0.05) is 25.0 Å². The van der Waals surface area contributed by atoms with Gasteiger partial charge in [-0.3, -0.25) is 4.79 Å². The largest absolute Gasteiger partial charge is 0.393 e. The normalized spacial score (nSPS) is 23.5. The first-order valence-electron chi connectivity index (χ1n) is 11.5. The van der Waals surface area contributed by atoms with Crippen molar-refractivity contribution in [1.82, 2.24) is 25.2 Å². The second-order valence-corrected chi connectivity index (χ2v) is 9.28. The van der Waals surface area contributed by atoms with Crippen molar-refractivity contribution >= 4 is 10.9 Å². The van der Waals surface area contributed by atoms with E-state index >= 15 is 0 Å². The summed E-state index contributed by atoms with van der Waals surface area (Å²) in [7, 11) is 0. The number of H-pyrrole nitrogens is 1. The SMILES string of the molecule is Cc1ccc(C)c2[nH]c(=O)c([C@H](c3nnnn3C3CCCC3)[NH+]3CCC(O)CC3)cc12. The second kappa shape index (κ2) is 8.16. The third-order valence-corrected chi connectivity index (χ3v) is 7.24. The summed E-state index contributed by atoms with van der Waals surface area (Å²) in [6, 6.07) is 6.23. The van der Waals surface area contributed by atoms with E-state index in [4.69, 9.17) is 0 Å². The van der Waals surface area contributed by atoms with Gasteiger partial charge in [0, 0.05) is 18.2 Å². The van der Waals surface area contributed by atoms with Crippen LogP contribution in [-0.2, 0) is 0 Å². The summed E-state index contributed by atoms with van der Waals surface area (Å²) < 4.78 is 1.97. The Morgan fingerprint density at radius 1 is 1.13 bits per heavy atom. The summed E-state index contributed by atoms with van der Waals surface area (Å²) in [6.07, 6.45) is 5.70. The molecule has 8 nitrogen and oxygen atoms in total. The van der Waals surface area contributed by atoms with E-state index in [-0.39, 0.29) is 17.7 Å². The van der Waals surface area contributed by atoms with Crippen molar-refractivity contribution in [2.45, 2.75) is 70.6 Å². The molecule has 1 aliphatic heterocycles. The highest BCUT2D eigenvalue weighted by atomic mass is 16.3. The number of pyridine rings is 1. The topological polar surface area (TPSA) is 101 Å². The maximum Gasteiger partial charge on any atom is 0.258 e. The van der Waals surface area contributed by atoms with Crippen LogP contribution in [0.1, 0.15) is 73.1 Å². The lowest BCUT2D eigenvalue weighted by Crippen LogP contribution is -3.14. The Bertz CT molecular complexity index is 1140. The Kier molecular flexibility index (Phi) is 5.35. The van der Waals surface area contributed by atoms with Crippen molar-refractivity contribution in [3.05, 3.63) is 51.1 Å². The zero-order chi connectivity index (χ0) is 21.5. The van der Waals surface area contributed by atoms with Crippen LogP contribution in [0.15, 0.2) is 23.0 Å². The van der Waals surface area contributed by atoms with Gasteiger partial charge >= 0.3 is 0 Å². The Labute approximate surface area is 181 Å². The molecule has 2 aliphatic rings. The molecule has 0 bridgehead atoms. The van der Waals surface area contributed by atoms with Gasteiger partial charge in [-0.15, -0.1) is 5.10 Å². The zero-order valence-corrected chi connectivity index (χ0v) is 18.3. The number of likely N-dealkylation sites (tertiary alicyclic amines) is 1. The van der Waals surface area contributed by atoms with Gasteiger partial charge in [0.2, 0.25) is 5.82 Å². The number of aliphatic hydroxyl groups excluding tert-OH is 1. The van der Waals surface area contributed by atoms with Crippen LogP contribution in [0.5, 0.6) is 0 Å². The maximum atomic E-state index is 13.4. The summed E-state index contributed by atoms with van der Waals surface area (Å²) in [5, 5.41) is 24.0. The number of tetrazole rings is 1. The fraction of sp³-hybridized carbons (Fsp3) is 0.565. The third-order valence-electron chi connectivity index (χ3n) is 7.24. The first-order chi connectivity index (χ1) is 15.0. The van der Waals surface area contributed by atoms with E-state index in [1.54, 1.807) is 0 Å². The van der Waals surface area contributed by atoms with Crippen LogP contribution >= 0.6 is 0 Å². The number of piperidine rings is 1. The van der Waals surface area contributed by atoms with Crippen molar-refractivity contribution in [2.24, 2.45) is 0 Å². The number of aromatic nitrogens is 5. The van der Waals surface area contributed by atoms with E-state index < -0.39 is 0 Å². The van der Waals surface area contributed by atoms with Gasteiger partial charge in [-0.05, 0) is 54.3 Å². The van der Waals surface area contributed by atoms with Crippen molar-refractivity contribution in [3.63, 3.8) is 0 Å². The Balaban J connectivity index is 1.67. The van der Waals surface area contributed by atoms with E-state index in [1.807, 2.05) is 23.7 Å². The Morgan fingerprint density at radius 3 is 2.58 bits per heavy atom. The molecule has 2 aromatic heterocycles. The highest BCUT2D eigenvalue weighted by Crippen LogP contribution is 2.31. The fourth-order valence-electron chi connectivity index (χ4n) is 5.41. The number of hydrogen-bond acceptors (Lipinski definition) is 5. The molecular weight excluding hydrogens is 392 g/mol. The minimum Gasteiger partial charge on any atom is -0.393 e. The molecule has 2 fully saturated rings. The Hall–Kier alpha value is -2.58. The number of aromatic amines is 1. The standard InChI is InChI=1S/C23H30N6O2/c1-14-7-8-15(2)20-18(14)13-19(23(31)24-20)21(28-11-9-17(30)10-12-28)22-25-26-27-29(22)16-5-3-4-6-16/h7-8,13,16-17,21,30H,3-6,9-12H2,1-2H3,(H,24,31)/p+1/t21-/m1/s1. The molecule has 31 heavy (non-hydrogen) atoms. The molecule has 1 aliphatic carbocycles. The van der Waals surface area contributed by atoms with E-state index in [9.17, 15) is 9.90 Å². The lowest BCUT2D eigenvalue weighted by molar-refractivity contribution is -0.932. The summed E-state index contributed by atoms with van der Waals surface area (Å²) >= 11 is 0. The number of hydrogen-bond donors (Lipinski definition) is 3. The van der Waals surface area contributed by atoms with Crippen LogP contribution in [0.3, 0.4) is 0 Å². The number of rotatable bonds is 4. The van der Waals surface area contributed by atoms with E-state index in [0.29, 0.717) is 11.6 Å². The van der Waals surface area contributed by atoms with Gasteiger partial charge in [0.15, 0.2) is 6.04 Å². The molecule has 164 valence electrons. The molecule has 1 aromatic carbocycles. The van der Waals surface area contributed by atoms with Crippen LogP contribution in [0.2, 0.25) is 0 Å². The monoisotopic (exact) mass is 423 g/mol. The first kappa shape index (κ1) is 20.3. The number of quaternary nitrogens is 1. The predicted octanol–water partition coefficient (Wildman–Crippen LogP) is 1.38. The molecule has 8 heteroatoms. The van der Waals surface area contributed by atoms with E-state index in [1.165, 1.54) is 17.7 Å². The van der Waals surface area contributed by atoms with Gasteiger partial charge in [0.05, 0.1) is 36.3 Å². The molecule has 1 atom stereocenters. The molecule has 3 aromatic rings. The lowest BCUT2D eigenvalue weighted by atomic mass is 9.97. The van der Waals surface area contributed by atoms with E-state index in [2.05, 4.69) is 33.5 Å². The van der Waals surface area contributed by atoms with E-state index in [0.717, 1.165) is 66.6 Å². The van der Waals surface area contributed by atoms with Gasteiger partial charge < -0.3 is 15.0 Å². The number of fused-ring (bicyclic) bond motifs is 1. The van der Waals surface area contributed by atoms with Crippen molar-refractivity contribution in [3.8, 4) is 0 Å². The number of nitrogens with one attached hydrogen (secondary N) is 2. The van der Waals surface area contributed by atoms with Crippen molar-refractivity contribution in [2.75, 3.05) is 13.1 Å². The van der Waals surface area contributed by atoms with Crippen LogP contribution in [-0.4, -0.2) is 49.5 Å². The molecule has 0 spiro atoms. The number of aliphatic hydroxyl groups is 1. The zero-order valence-electron chi connectivity index (χ0n) is 18.3. The lowest BCUT2D eigenvalue weighted by Gasteiger charge is -2.33. The van der Waals surface area contributed by atoms with Gasteiger partial charge in [0.25, 0.3) is 5.56 Å². The molecule has 3 N–H and O–H groups in total. The molecule has 1 saturated carbocycles. The quantitative estimate of drug-likeness (QED) is 0.589. The number of nitrogens with zero attached hydrogens (tertiary/aromatic N) is 4. The first-order valence-corrected chi connectivity index (χ1v) is 11.5. The summed E-state index contributed by atoms with van der Waals surface area (Å²) in [5.41, 5.74) is 3.72. The number of aryl methyl sites for hydroxylation is 2. The predicted molar refractivity (Wildman–Crippen MR) is 117 cm³/mol. The highest BCUT2D eigenvalue weighted by molar-refractivity contribution is 5.85. The molecular formula is C23H31N6O2+. The van der Waals surface area contributed by atoms with Gasteiger partial charge in [-0.25, -0.2) is 4.68 Å². The minimum atomic E-state index is -0.269. The number of benzene rings is 1. The van der Waals surface area contributed by atoms with Crippen LogP contribution in [0, 0.1) is 13.8 Å². The molecule has 0 amide bonds. The van der Waals surface area contributed by atoms with Crippen molar-refractivity contribution < 1.29 is 10.0 Å². The highest BCUT2D eigenvalue weighted by Gasteiger charge is 2.38. The van der Waals surface area contributed by atoms with Crippen LogP contribution in [0.25, 0.3) is 10.9 Å². The molecule has 0 unspecified atom stereocenters. The smallest absolute Gasteiger partial charge is 0.258 e. The fourth-order valence-corrected chi connectivity index (χ4v) is 5.41. The van der Waals surface area contributed by atoms with Crippen LogP contribution in [0.4, 0.5) is 0 Å². The second-order valence-electron chi connectivity index (χ2n) is 9.28. The Morgan fingerprint density at radius 2 is 1.84 bits per heavy atom. The summed E-state index contributed by atoms with van der Waals surface area (Å²) in [6.45, 7) is 5.67.